The van der Waals surface area contributed by atoms with Gasteiger partial charge in [0.2, 0.25) is 0 Å². The molecule has 2 heterocycles. The molecule has 0 amide bonds. The topological polar surface area (TPSA) is 73.5 Å². The van der Waals surface area contributed by atoms with Gasteiger partial charge in [-0.05, 0) is 20.8 Å². The Balaban J connectivity index is 2.16. The third-order valence-corrected chi connectivity index (χ3v) is 2.96. The third kappa shape index (κ3) is 3.78. The van der Waals surface area contributed by atoms with Crippen molar-refractivity contribution in [2.75, 3.05) is 30.3 Å². The third-order valence-electron chi connectivity index (χ3n) is 2.96. The Morgan fingerprint density at radius 3 is 2.68 bits per heavy atom. The smallest absolute Gasteiger partial charge is 0.158 e. The van der Waals surface area contributed by atoms with E-state index < -0.39 is 0 Å². The zero-order valence-electron chi connectivity index (χ0n) is 11.8. The van der Waals surface area contributed by atoms with E-state index in [1.165, 1.54) is 0 Å². The summed E-state index contributed by atoms with van der Waals surface area (Å²) in [7, 11) is 0. The first-order chi connectivity index (χ1) is 9.08. The molecule has 1 aromatic heterocycles. The van der Waals surface area contributed by atoms with Crippen LogP contribution in [0.15, 0.2) is 6.07 Å². The first kappa shape index (κ1) is 14.0. The summed E-state index contributed by atoms with van der Waals surface area (Å²) in [5.41, 5.74) is 5.84. The van der Waals surface area contributed by atoms with E-state index in [9.17, 15) is 0 Å². The van der Waals surface area contributed by atoms with Gasteiger partial charge in [0.05, 0.1) is 12.2 Å². The number of aromatic nitrogens is 2. The molecule has 106 valence electrons. The molecule has 0 aromatic carbocycles. The normalized spacial score (nSPS) is 23.6. The van der Waals surface area contributed by atoms with Crippen molar-refractivity contribution in [2.24, 2.45) is 0 Å². The highest BCUT2D eigenvalue weighted by Crippen LogP contribution is 2.20. The number of nitrogens with zero attached hydrogens (tertiary/aromatic N) is 3. The molecule has 19 heavy (non-hydrogen) atoms. The highest BCUT2D eigenvalue weighted by molar-refractivity contribution is 5.47. The molecule has 6 heteroatoms. The van der Waals surface area contributed by atoms with E-state index in [1.807, 2.05) is 6.92 Å². The van der Waals surface area contributed by atoms with E-state index in [0.717, 1.165) is 18.9 Å². The molecule has 0 aliphatic carbocycles. The van der Waals surface area contributed by atoms with Crippen LogP contribution in [0.2, 0.25) is 0 Å². The Labute approximate surface area is 113 Å². The maximum absolute atomic E-state index is 5.84. The maximum Gasteiger partial charge on any atom is 0.158 e. The van der Waals surface area contributed by atoms with Crippen molar-refractivity contribution in [3.05, 3.63) is 11.9 Å². The highest BCUT2D eigenvalue weighted by atomic mass is 16.5. The van der Waals surface area contributed by atoms with Gasteiger partial charge in [-0.1, -0.05) is 0 Å². The van der Waals surface area contributed by atoms with Crippen LogP contribution in [0.5, 0.6) is 0 Å². The van der Waals surface area contributed by atoms with Crippen molar-refractivity contribution in [3.8, 4) is 0 Å². The molecule has 1 saturated heterocycles. The monoisotopic (exact) mass is 266 g/mol. The molecule has 2 N–H and O–H groups in total. The van der Waals surface area contributed by atoms with E-state index in [2.05, 4.69) is 28.7 Å². The summed E-state index contributed by atoms with van der Waals surface area (Å²) < 4.78 is 11.1. The second-order valence-electron chi connectivity index (χ2n) is 4.87. The number of morpholine rings is 1. The fourth-order valence-electron chi connectivity index (χ4n) is 2.29. The molecule has 1 aromatic rings. The molecule has 0 bridgehead atoms. The van der Waals surface area contributed by atoms with Gasteiger partial charge in [-0.25, -0.2) is 9.97 Å². The van der Waals surface area contributed by atoms with Gasteiger partial charge < -0.3 is 20.1 Å². The number of hydrogen-bond acceptors (Lipinski definition) is 6. The Morgan fingerprint density at radius 2 is 2.05 bits per heavy atom. The van der Waals surface area contributed by atoms with Crippen LogP contribution in [0, 0.1) is 0 Å². The summed E-state index contributed by atoms with van der Waals surface area (Å²) in [5.74, 6) is 1.96. The molecule has 6 nitrogen and oxygen atoms in total. The number of hydrogen-bond donors (Lipinski definition) is 1. The van der Waals surface area contributed by atoms with Gasteiger partial charge in [-0.15, -0.1) is 0 Å². The summed E-state index contributed by atoms with van der Waals surface area (Å²) in [6.45, 7) is 8.73. The maximum atomic E-state index is 5.84. The minimum atomic E-state index is 0.190. The predicted octanol–water partition coefficient (Wildman–Crippen LogP) is 1.21. The molecule has 0 saturated carbocycles. The Hall–Kier alpha value is -1.40. The summed E-state index contributed by atoms with van der Waals surface area (Å²) in [5, 5.41) is 0. The molecular formula is C13H22N4O2. The van der Waals surface area contributed by atoms with Crippen LogP contribution in [-0.4, -0.2) is 41.9 Å². The van der Waals surface area contributed by atoms with Crippen LogP contribution < -0.4 is 10.6 Å². The average Bonchev–Trinajstić information content (AvgIpc) is 2.34. The van der Waals surface area contributed by atoms with E-state index in [4.69, 9.17) is 15.2 Å². The van der Waals surface area contributed by atoms with Crippen LogP contribution in [0.3, 0.4) is 0 Å². The van der Waals surface area contributed by atoms with Crippen molar-refractivity contribution in [1.29, 1.82) is 0 Å². The van der Waals surface area contributed by atoms with Crippen LogP contribution in [0.4, 0.5) is 11.6 Å². The molecule has 2 rings (SSSR count). The fraction of sp³-hybridized carbons (Fsp3) is 0.692. The van der Waals surface area contributed by atoms with Gasteiger partial charge in [0.25, 0.3) is 0 Å². The Bertz CT molecular complexity index is 417. The zero-order chi connectivity index (χ0) is 13.8. The molecular weight excluding hydrogens is 244 g/mol. The number of nitrogen functional groups attached to an aromatic ring is 1. The molecule has 0 unspecified atom stereocenters. The van der Waals surface area contributed by atoms with Gasteiger partial charge in [0, 0.05) is 25.8 Å². The quantitative estimate of drug-likeness (QED) is 0.883. The molecule has 1 aliphatic rings. The molecule has 1 aliphatic heterocycles. The first-order valence-electron chi connectivity index (χ1n) is 6.70. The van der Waals surface area contributed by atoms with E-state index in [0.29, 0.717) is 24.9 Å². The lowest BCUT2D eigenvalue weighted by molar-refractivity contribution is -0.00549. The summed E-state index contributed by atoms with van der Waals surface area (Å²) in [6.07, 6.45) is 0.380. The summed E-state index contributed by atoms with van der Waals surface area (Å²) in [6, 6.07) is 1.81. The SMILES string of the molecule is CCOCc1nc(N)cc(N2C[C@@H](C)O[C@@H](C)C2)n1. The minimum absolute atomic E-state index is 0.190. The van der Waals surface area contributed by atoms with Gasteiger partial charge in [-0.2, -0.15) is 0 Å². The largest absolute Gasteiger partial charge is 0.384 e. The predicted molar refractivity (Wildman–Crippen MR) is 74.0 cm³/mol. The van der Waals surface area contributed by atoms with Gasteiger partial charge in [0.1, 0.15) is 18.2 Å². The minimum Gasteiger partial charge on any atom is -0.384 e. The summed E-state index contributed by atoms with van der Waals surface area (Å²) in [4.78, 5) is 10.9. The van der Waals surface area contributed by atoms with Crippen molar-refractivity contribution in [3.63, 3.8) is 0 Å². The molecule has 1 fully saturated rings. The standard InChI is InChI=1S/C13H22N4O2/c1-4-18-8-12-15-11(14)5-13(16-12)17-6-9(2)19-10(3)7-17/h5,9-10H,4,6-8H2,1-3H3,(H2,14,15,16)/t9-,10+. The van der Waals surface area contributed by atoms with Gasteiger partial charge in [0.15, 0.2) is 5.82 Å². The van der Waals surface area contributed by atoms with Crippen LogP contribution in [-0.2, 0) is 16.1 Å². The Morgan fingerprint density at radius 1 is 1.37 bits per heavy atom. The lowest BCUT2D eigenvalue weighted by Crippen LogP contribution is -2.46. The lowest BCUT2D eigenvalue weighted by Gasteiger charge is -2.36. The van der Waals surface area contributed by atoms with Gasteiger partial charge in [-0.3, -0.25) is 0 Å². The lowest BCUT2D eigenvalue weighted by atomic mass is 10.2. The summed E-state index contributed by atoms with van der Waals surface area (Å²) >= 11 is 0. The number of anilines is 2. The van der Waals surface area contributed by atoms with E-state index >= 15 is 0 Å². The second-order valence-corrected chi connectivity index (χ2v) is 4.87. The number of ether oxygens (including phenoxy) is 2. The molecule has 0 spiro atoms. The average molecular weight is 266 g/mol. The zero-order valence-corrected chi connectivity index (χ0v) is 11.8. The van der Waals surface area contributed by atoms with Crippen molar-refractivity contribution in [1.82, 2.24) is 9.97 Å². The highest BCUT2D eigenvalue weighted by Gasteiger charge is 2.23. The second kappa shape index (κ2) is 6.16. The van der Waals surface area contributed by atoms with Crippen molar-refractivity contribution in [2.45, 2.75) is 39.6 Å². The first-order valence-corrected chi connectivity index (χ1v) is 6.70. The number of nitrogens with two attached hydrogens (primary N) is 1. The van der Waals surface area contributed by atoms with Crippen LogP contribution in [0.25, 0.3) is 0 Å². The van der Waals surface area contributed by atoms with E-state index in [-0.39, 0.29) is 12.2 Å². The van der Waals surface area contributed by atoms with Crippen molar-refractivity contribution >= 4 is 11.6 Å². The number of rotatable bonds is 4. The fourth-order valence-corrected chi connectivity index (χ4v) is 2.29. The van der Waals surface area contributed by atoms with Gasteiger partial charge >= 0.3 is 0 Å². The van der Waals surface area contributed by atoms with E-state index in [1.54, 1.807) is 6.07 Å². The molecule has 0 radical (unpaired) electrons. The molecule has 2 atom stereocenters. The van der Waals surface area contributed by atoms with Crippen molar-refractivity contribution < 1.29 is 9.47 Å². The van der Waals surface area contributed by atoms with Crippen LogP contribution >= 0.6 is 0 Å². The van der Waals surface area contributed by atoms with Crippen LogP contribution in [0.1, 0.15) is 26.6 Å². The Kier molecular flexibility index (Phi) is 4.55.